The Bertz CT molecular complexity index is 721. The van der Waals surface area contributed by atoms with Gasteiger partial charge < -0.3 is 9.84 Å². The Balaban J connectivity index is 2.11. The van der Waals surface area contributed by atoms with Crippen LogP contribution in [0.4, 0.5) is 0 Å². The molecule has 0 saturated heterocycles. The van der Waals surface area contributed by atoms with Crippen molar-refractivity contribution in [1.29, 1.82) is 0 Å². The fourth-order valence-corrected chi connectivity index (χ4v) is 2.18. The van der Waals surface area contributed by atoms with Gasteiger partial charge in [-0.15, -0.1) is 0 Å². The van der Waals surface area contributed by atoms with E-state index in [1.165, 1.54) is 0 Å². The largest absolute Gasteiger partial charge is 0.503 e. The Morgan fingerprint density at radius 3 is 2.36 bits per heavy atom. The van der Waals surface area contributed by atoms with Crippen molar-refractivity contribution in [1.82, 2.24) is 0 Å². The Kier molecular flexibility index (Phi) is 7.44. The topological polar surface area (TPSA) is 58.9 Å². The molecule has 0 spiro atoms. The van der Waals surface area contributed by atoms with Crippen LogP contribution in [0.3, 0.4) is 0 Å². The standard InChI is InChI=1S/C21H23NO3/c1-2-3-14-22-21(19(23)15-17-10-6-4-7-11-17)25-20(24)16-18-12-8-5-9-13-18/h4-13,15,23H,2-3,14,16H2,1H3/b19-15-,22-21?. The molecule has 0 aliphatic heterocycles. The minimum Gasteiger partial charge on any atom is -0.503 e. The molecule has 4 nitrogen and oxygen atoms in total. The second-order valence-corrected chi connectivity index (χ2v) is 5.62. The van der Waals surface area contributed by atoms with Gasteiger partial charge in [-0.2, -0.15) is 0 Å². The van der Waals surface area contributed by atoms with E-state index in [1.54, 1.807) is 6.08 Å². The van der Waals surface area contributed by atoms with Crippen LogP contribution in [-0.4, -0.2) is 23.5 Å². The first-order valence-electron chi connectivity index (χ1n) is 8.44. The first-order valence-corrected chi connectivity index (χ1v) is 8.44. The fourth-order valence-electron chi connectivity index (χ4n) is 2.18. The van der Waals surface area contributed by atoms with E-state index < -0.39 is 5.97 Å². The summed E-state index contributed by atoms with van der Waals surface area (Å²) in [6.45, 7) is 2.55. The van der Waals surface area contributed by atoms with Crippen LogP contribution < -0.4 is 0 Å². The zero-order valence-electron chi connectivity index (χ0n) is 14.4. The molecule has 0 heterocycles. The third-order valence-corrected chi connectivity index (χ3v) is 3.49. The van der Waals surface area contributed by atoms with E-state index in [0.29, 0.717) is 6.54 Å². The number of hydrogen-bond donors (Lipinski definition) is 1. The van der Waals surface area contributed by atoms with E-state index in [2.05, 4.69) is 11.9 Å². The molecule has 0 aromatic heterocycles. The van der Waals surface area contributed by atoms with E-state index in [0.717, 1.165) is 24.0 Å². The van der Waals surface area contributed by atoms with E-state index in [9.17, 15) is 9.90 Å². The Morgan fingerprint density at radius 1 is 1.08 bits per heavy atom. The zero-order chi connectivity index (χ0) is 17.9. The van der Waals surface area contributed by atoms with Gasteiger partial charge in [0.2, 0.25) is 0 Å². The number of carbonyl (C=O) groups is 1. The van der Waals surface area contributed by atoms with E-state index in [4.69, 9.17) is 4.74 Å². The van der Waals surface area contributed by atoms with E-state index >= 15 is 0 Å². The predicted octanol–water partition coefficient (Wildman–Crippen LogP) is 4.57. The van der Waals surface area contributed by atoms with Crippen molar-refractivity contribution >= 4 is 17.9 Å². The molecule has 25 heavy (non-hydrogen) atoms. The van der Waals surface area contributed by atoms with Gasteiger partial charge in [-0.3, -0.25) is 4.79 Å². The van der Waals surface area contributed by atoms with Gasteiger partial charge in [-0.05, 0) is 23.6 Å². The number of aliphatic imine (C=N–C) groups is 1. The van der Waals surface area contributed by atoms with Crippen LogP contribution in [0.15, 0.2) is 71.4 Å². The van der Waals surface area contributed by atoms with Gasteiger partial charge in [0.15, 0.2) is 5.76 Å². The fraction of sp³-hybridized carbons (Fsp3) is 0.238. The van der Waals surface area contributed by atoms with Crippen molar-refractivity contribution in [2.45, 2.75) is 26.2 Å². The van der Waals surface area contributed by atoms with Crippen LogP contribution in [0.2, 0.25) is 0 Å². The smallest absolute Gasteiger partial charge is 0.317 e. The lowest BCUT2D eigenvalue weighted by Gasteiger charge is -2.08. The molecule has 0 unspecified atom stereocenters. The Hall–Kier alpha value is -2.88. The number of aliphatic hydroxyl groups is 1. The van der Waals surface area contributed by atoms with Crippen molar-refractivity contribution in [2.24, 2.45) is 4.99 Å². The van der Waals surface area contributed by atoms with Crippen LogP contribution in [0.1, 0.15) is 30.9 Å². The highest BCUT2D eigenvalue weighted by atomic mass is 16.6. The lowest BCUT2D eigenvalue weighted by atomic mass is 10.1. The highest BCUT2D eigenvalue weighted by Gasteiger charge is 2.14. The first kappa shape index (κ1) is 18.5. The van der Waals surface area contributed by atoms with Gasteiger partial charge in [0.1, 0.15) is 0 Å². The SMILES string of the molecule is CCCCN=C(OC(=O)Cc1ccccc1)/C(O)=C/c1ccccc1. The van der Waals surface area contributed by atoms with Crippen molar-refractivity contribution in [3.63, 3.8) is 0 Å². The molecule has 0 fully saturated rings. The summed E-state index contributed by atoms with van der Waals surface area (Å²) in [6, 6.07) is 18.7. The summed E-state index contributed by atoms with van der Waals surface area (Å²) in [5.41, 5.74) is 1.66. The van der Waals surface area contributed by atoms with Crippen molar-refractivity contribution in [3.05, 3.63) is 77.5 Å². The van der Waals surface area contributed by atoms with Crippen LogP contribution in [0, 0.1) is 0 Å². The average molecular weight is 337 g/mol. The zero-order valence-corrected chi connectivity index (χ0v) is 14.4. The molecule has 1 N–H and O–H groups in total. The molecular formula is C21H23NO3. The summed E-state index contributed by atoms with van der Waals surface area (Å²) in [5.74, 6) is -0.628. The van der Waals surface area contributed by atoms with Gasteiger partial charge in [0, 0.05) is 6.54 Å². The second kappa shape index (κ2) is 10.1. The maximum absolute atomic E-state index is 12.2. The monoisotopic (exact) mass is 337 g/mol. The average Bonchev–Trinajstić information content (AvgIpc) is 2.62. The van der Waals surface area contributed by atoms with Gasteiger partial charge >= 0.3 is 5.97 Å². The van der Waals surface area contributed by atoms with Crippen molar-refractivity contribution in [3.8, 4) is 0 Å². The number of carbonyl (C=O) groups excluding carboxylic acids is 1. The summed E-state index contributed by atoms with van der Waals surface area (Å²) in [7, 11) is 0. The lowest BCUT2D eigenvalue weighted by molar-refractivity contribution is -0.134. The van der Waals surface area contributed by atoms with Crippen LogP contribution >= 0.6 is 0 Å². The van der Waals surface area contributed by atoms with E-state index in [1.807, 2.05) is 60.7 Å². The Morgan fingerprint density at radius 2 is 1.72 bits per heavy atom. The summed E-state index contributed by atoms with van der Waals surface area (Å²) >= 11 is 0. The molecule has 0 atom stereocenters. The number of unbranched alkanes of at least 4 members (excludes halogenated alkanes) is 1. The minimum atomic E-state index is -0.450. The first-order chi connectivity index (χ1) is 12.2. The molecule has 130 valence electrons. The highest BCUT2D eigenvalue weighted by Crippen LogP contribution is 2.09. The van der Waals surface area contributed by atoms with Gasteiger partial charge in [-0.25, -0.2) is 4.99 Å². The van der Waals surface area contributed by atoms with E-state index in [-0.39, 0.29) is 18.1 Å². The number of hydrogen-bond acceptors (Lipinski definition) is 4. The number of aliphatic hydroxyl groups excluding tert-OH is 1. The summed E-state index contributed by atoms with van der Waals surface area (Å²) in [6.07, 6.45) is 3.50. The maximum Gasteiger partial charge on any atom is 0.317 e. The predicted molar refractivity (Wildman–Crippen MR) is 100 cm³/mol. The number of esters is 1. The van der Waals surface area contributed by atoms with Crippen LogP contribution in [-0.2, 0) is 16.0 Å². The molecule has 0 radical (unpaired) electrons. The summed E-state index contributed by atoms with van der Waals surface area (Å²) in [4.78, 5) is 16.4. The summed E-state index contributed by atoms with van der Waals surface area (Å²) in [5, 5.41) is 10.3. The van der Waals surface area contributed by atoms with Crippen molar-refractivity contribution < 1.29 is 14.6 Å². The normalized spacial score (nSPS) is 12.0. The Labute approximate surface area is 148 Å². The molecule has 0 aliphatic carbocycles. The van der Waals surface area contributed by atoms with Crippen molar-refractivity contribution in [2.75, 3.05) is 6.54 Å². The number of rotatable bonds is 7. The van der Waals surface area contributed by atoms with Crippen LogP contribution in [0.5, 0.6) is 0 Å². The van der Waals surface area contributed by atoms with Crippen LogP contribution in [0.25, 0.3) is 6.08 Å². The molecule has 2 aromatic rings. The molecular weight excluding hydrogens is 314 g/mol. The molecule has 2 rings (SSSR count). The molecule has 4 heteroatoms. The molecule has 0 bridgehead atoms. The molecule has 0 saturated carbocycles. The molecule has 0 aliphatic rings. The third-order valence-electron chi connectivity index (χ3n) is 3.49. The number of ether oxygens (including phenoxy) is 1. The molecule has 2 aromatic carbocycles. The quantitative estimate of drug-likeness (QED) is 0.265. The summed E-state index contributed by atoms with van der Waals surface area (Å²) < 4.78 is 5.33. The minimum absolute atomic E-state index is 0.0294. The van der Waals surface area contributed by atoms with Gasteiger partial charge in [0.05, 0.1) is 6.42 Å². The number of benzene rings is 2. The lowest BCUT2D eigenvalue weighted by Crippen LogP contribution is -2.17. The van der Waals surface area contributed by atoms with Gasteiger partial charge in [-0.1, -0.05) is 74.0 Å². The molecule has 0 amide bonds. The second-order valence-electron chi connectivity index (χ2n) is 5.62. The highest BCUT2D eigenvalue weighted by molar-refractivity contribution is 6.01. The maximum atomic E-state index is 12.2. The third kappa shape index (κ3) is 6.63. The number of nitrogens with zero attached hydrogens (tertiary/aromatic N) is 1. The van der Waals surface area contributed by atoms with Gasteiger partial charge in [0.25, 0.3) is 5.90 Å².